The molecule has 0 aliphatic carbocycles. The van der Waals surface area contributed by atoms with Crippen molar-refractivity contribution in [3.05, 3.63) is 11.0 Å². The molecule has 0 radical (unpaired) electrons. The Morgan fingerprint density at radius 3 is 2.41 bits per heavy atom. The van der Waals surface area contributed by atoms with Crippen LogP contribution in [0.15, 0.2) is 0 Å². The molecule has 1 unspecified atom stereocenters. The summed E-state index contributed by atoms with van der Waals surface area (Å²) >= 11 is 5.87. The van der Waals surface area contributed by atoms with Crippen LogP contribution in [-0.4, -0.2) is 23.1 Å². The predicted molar refractivity (Wildman–Crippen MR) is 73.5 cm³/mol. The van der Waals surface area contributed by atoms with E-state index < -0.39 is 0 Å². The highest BCUT2D eigenvalue weighted by Crippen LogP contribution is 2.26. The normalized spacial score (nSPS) is 12.9. The third kappa shape index (κ3) is 3.46. The van der Waals surface area contributed by atoms with Crippen LogP contribution >= 0.6 is 11.6 Å². The van der Waals surface area contributed by atoms with E-state index in [-0.39, 0.29) is 5.28 Å². The molecule has 1 rings (SSSR count). The SMILES string of the molecule is Cc1nc(Cl)nc(N(C)C(C)CC(C)C)c1N. The van der Waals surface area contributed by atoms with Crippen molar-refractivity contribution in [2.45, 2.75) is 40.2 Å². The number of nitrogen functional groups attached to an aromatic ring is 1. The largest absolute Gasteiger partial charge is 0.394 e. The molecule has 1 aromatic rings. The highest BCUT2D eigenvalue weighted by Gasteiger charge is 2.17. The van der Waals surface area contributed by atoms with Gasteiger partial charge in [0.1, 0.15) is 0 Å². The van der Waals surface area contributed by atoms with Crippen LogP contribution in [0.1, 0.15) is 32.9 Å². The average molecular weight is 257 g/mol. The fourth-order valence-corrected chi connectivity index (χ4v) is 2.06. The molecule has 0 aliphatic heterocycles. The number of halogens is 1. The van der Waals surface area contributed by atoms with E-state index >= 15 is 0 Å². The van der Waals surface area contributed by atoms with E-state index in [1.54, 1.807) is 0 Å². The molecule has 0 fully saturated rings. The van der Waals surface area contributed by atoms with Crippen LogP contribution in [0.3, 0.4) is 0 Å². The minimum absolute atomic E-state index is 0.246. The highest BCUT2D eigenvalue weighted by molar-refractivity contribution is 6.28. The van der Waals surface area contributed by atoms with Crippen LogP contribution < -0.4 is 10.6 Å². The summed E-state index contributed by atoms with van der Waals surface area (Å²) in [6.07, 6.45) is 1.08. The van der Waals surface area contributed by atoms with Crippen molar-refractivity contribution in [1.29, 1.82) is 0 Å². The minimum Gasteiger partial charge on any atom is -0.394 e. The Balaban J connectivity index is 2.99. The molecule has 1 aromatic heterocycles. The summed E-state index contributed by atoms with van der Waals surface area (Å²) in [5, 5.41) is 0.246. The predicted octanol–water partition coefficient (Wildman–Crippen LogP) is 2.89. The van der Waals surface area contributed by atoms with E-state index in [9.17, 15) is 0 Å². The molecule has 0 spiro atoms. The molecule has 4 nitrogen and oxygen atoms in total. The lowest BCUT2D eigenvalue weighted by Crippen LogP contribution is -2.31. The molecule has 0 aliphatic rings. The Hall–Kier alpha value is -1.03. The van der Waals surface area contributed by atoms with Gasteiger partial charge in [0.2, 0.25) is 5.28 Å². The summed E-state index contributed by atoms with van der Waals surface area (Å²) in [5.74, 6) is 1.35. The first kappa shape index (κ1) is 14.0. The van der Waals surface area contributed by atoms with E-state index in [2.05, 4.69) is 35.6 Å². The number of nitrogens with zero attached hydrogens (tertiary/aromatic N) is 3. The lowest BCUT2D eigenvalue weighted by atomic mass is 10.0. The molecule has 1 heterocycles. The fourth-order valence-electron chi connectivity index (χ4n) is 1.85. The van der Waals surface area contributed by atoms with Gasteiger partial charge in [-0.1, -0.05) is 13.8 Å². The maximum absolute atomic E-state index is 6.00. The zero-order valence-corrected chi connectivity index (χ0v) is 11.9. The van der Waals surface area contributed by atoms with Crippen LogP contribution in [-0.2, 0) is 0 Å². The molecule has 2 N–H and O–H groups in total. The van der Waals surface area contributed by atoms with Crippen LogP contribution in [0.2, 0.25) is 5.28 Å². The lowest BCUT2D eigenvalue weighted by molar-refractivity contribution is 0.502. The number of hydrogen-bond acceptors (Lipinski definition) is 4. The van der Waals surface area contributed by atoms with Gasteiger partial charge in [0.25, 0.3) is 0 Å². The van der Waals surface area contributed by atoms with Gasteiger partial charge in [-0.15, -0.1) is 0 Å². The van der Waals surface area contributed by atoms with Gasteiger partial charge in [0.05, 0.1) is 11.4 Å². The third-order valence-electron chi connectivity index (χ3n) is 2.90. The maximum atomic E-state index is 6.00. The topological polar surface area (TPSA) is 55.0 Å². The van der Waals surface area contributed by atoms with Gasteiger partial charge < -0.3 is 10.6 Å². The molecule has 1 atom stereocenters. The van der Waals surface area contributed by atoms with Crippen molar-refractivity contribution in [1.82, 2.24) is 9.97 Å². The van der Waals surface area contributed by atoms with Crippen molar-refractivity contribution in [3.63, 3.8) is 0 Å². The van der Waals surface area contributed by atoms with Gasteiger partial charge in [-0.05, 0) is 37.8 Å². The summed E-state index contributed by atoms with van der Waals surface area (Å²) in [7, 11) is 1.99. The molecular weight excluding hydrogens is 236 g/mol. The van der Waals surface area contributed by atoms with E-state index in [0.717, 1.165) is 17.9 Å². The van der Waals surface area contributed by atoms with Crippen molar-refractivity contribution in [3.8, 4) is 0 Å². The molecule has 0 saturated carbocycles. The van der Waals surface area contributed by atoms with E-state index in [4.69, 9.17) is 17.3 Å². The Morgan fingerprint density at radius 1 is 1.29 bits per heavy atom. The monoisotopic (exact) mass is 256 g/mol. The second-order valence-corrected chi connectivity index (χ2v) is 5.24. The van der Waals surface area contributed by atoms with E-state index in [1.807, 2.05) is 14.0 Å². The van der Waals surface area contributed by atoms with Gasteiger partial charge in [0.15, 0.2) is 5.82 Å². The second-order valence-electron chi connectivity index (χ2n) is 4.90. The van der Waals surface area contributed by atoms with Crippen molar-refractivity contribution in [2.24, 2.45) is 5.92 Å². The summed E-state index contributed by atoms with van der Waals surface area (Å²) < 4.78 is 0. The highest BCUT2D eigenvalue weighted by atomic mass is 35.5. The van der Waals surface area contributed by atoms with Crippen molar-refractivity contribution < 1.29 is 0 Å². The second kappa shape index (κ2) is 5.54. The fraction of sp³-hybridized carbons (Fsp3) is 0.667. The zero-order chi connectivity index (χ0) is 13.2. The van der Waals surface area contributed by atoms with E-state index in [0.29, 0.717) is 17.6 Å². The number of anilines is 2. The zero-order valence-electron chi connectivity index (χ0n) is 11.2. The third-order valence-corrected chi connectivity index (χ3v) is 3.07. The number of nitrogens with two attached hydrogens (primary N) is 1. The summed E-state index contributed by atoms with van der Waals surface area (Å²) in [4.78, 5) is 10.3. The molecule has 5 heteroatoms. The van der Waals surface area contributed by atoms with Crippen molar-refractivity contribution >= 4 is 23.1 Å². The molecule has 0 saturated heterocycles. The van der Waals surface area contributed by atoms with Gasteiger partial charge in [-0.25, -0.2) is 4.98 Å². The Kier molecular flexibility index (Phi) is 4.57. The Bertz CT molecular complexity index is 392. The van der Waals surface area contributed by atoms with Gasteiger partial charge in [-0.3, -0.25) is 0 Å². The number of aryl methyl sites for hydroxylation is 1. The number of aromatic nitrogens is 2. The van der Waals surface area contributed by atoms with Gasteiger partial charge in [-0.2, -0.15) is 4.98 Å². The lowest BCUT2D eigenvalue weighted by Gasteiger charge is -2.28. The molecule has 0 aromatic carbocycles. The summed E-state index contributed by atoms with van der Waals surface area (Å²) in [5.41, 5.74) is 7.33. The minimum atomic E-state index is 0.246. The number of rotatable bonds is 4. The maximum Gasteiger partial charge on any atom is 0.224 e. The first-order valence-electron chi connectivity index (χ1n) is 5.85. The van der Waals surface area contributed by atoms with Crippen LogP contribution in [0.4, 0.5) is 11.5 Å². The Morgan fingerprint density at radius 2 is 1.88 bits per heavy atom. The summed E-state index contributed by atoms with van der Waals surface area (Å²) in [6.45, 7) is 8.40. The molecule has 96 valence electrons. The standard InChI is InChI=1S/C12H21ClN4/c1-7(2)6-8(3)17(5)11-10(14)9(4)15-12(13)16-11/h7-8H,6,14H2,1-5H3. The average Bonchev–Trinajstić information content (AvgIpc) is 2.21. The first-order valence-corrected chi connectivity index (χ1v) is 6.23. The van der Waals surface area contributed by atoms with Gasteiger partial charge >= 0.3 is 0 Å². The van der Waals surface area contributed by atoms with Crippen molar-refractivity contribution in [2.75, 3.05) is 17.7 Å². The van der Waals surface area contributed by atoms with Gasteiger partial charge in [0, 0.05) is 13.1 Å². The molecular formula is C12H21ClN4. The molecule has 17 heavy (non-hydrogen) atoms. The number of hydrogen-bond donors (Lipinski definition) is 1. The van der Waals surface area contributed by atoms with Crippen LogP contribution in [0, 0.1) is 12.8 Å². The molecule has 0 amide bonds. The smallest absolute Gasteiger partial charge is 0.224 e. The van der Waals surface area contributed by atoms with Crippen LogP contribution in [0.5, 0.6) is 0 Å². The summed E-state index contributed by atoms with van der Waals surface area (Å²) in [6, 6.07) is 0.364. The van der Waals surface area contributed by atoms with Crippen LogP contribution in [0.25, 0.3) is 0 Å². The Labute approximate surface area is 108 Å². The first-order chi connectivity index (χ1) is 7.82. The van der Waals surface area contributed by atoms with E-state index in [1.165, 1.54) is 0 Å². The molecule has 0 bridgehead atoms. The quantitative estimate of drug-likeness (QED) is 0.842.